The van der Waals surface area contributed by atoms with E-state index in [4.69, 9.17) is 4.74 Å². The molecule has 1 atom stereocenters. The van der Waals surface area contributed by atoms with Gasteiger partial charge in [0.15, 0.2) is 12.9 Å². The molecule has 8 heteroatoms. The van der Waals surface area contributed by atoms with Gasteiger partial charge in [0.05, 0.1) is 10.5 Å². The maximum Gasteiger partial charge on any atom is 0.280 e. The summed E-state index contributed by atoms with van der Waals surface area (Å²) in [7, 11) is 0. The number of nitrogens with zero attached hydrogens (tertiary/aromatic N) is 2. The number of hydrogen-bond acceptors (Lipinski definition) is 6. The number of nitro benzene ring substituents is 1. The Morgan fingerprint density at radius 2 is 2.00 bits per heavy atom. The van der Waals surface area contributed by atoms with Crippen LogP contribution in [0.3, 0.4) is 0 Å². The Bertz CT molecular complexity index is 794. The number of hydrogen-bond donors (Lipinski definition) is 1. The molecule has 1 unspecified atom stereocenters. The summed E-state index contributed by atoms with van der Waals surface area (Å²) in [5.41, 5.74) is 0.0344. The molecule has 0 aliphatic rings. The van der Waals surface area contributed by atoms with Gasteiger partial charge in [0, 0.05) is 11.8 Å². The Hall–Kier alpha value is -3.26. The van der Waals surface area contributed by atoms with Gasteiger partial charge in [-0.25, -0.2) is 0 Å². The van der Waals surface area contributed by atoms with Crippen molar-refractivity contribution in [2.75, 3.05) is 11.5 Å². The Balaban J connectivity index is 2.15. The normalized spacial score (nSPS) is 11.5. The Morgan fingerprint density at radius 1 is 1.31 bits per heavy atom. The number of nitro groups is 1. The highest BCUT2D eigenvalue weighted by atomic mass is 16.6. The van der Waals surface area contributed by atoms with Crippen LogP contribution in [0.5, 0.6) is 5.75 Å². The summed E-state index contributed by atoms with van der Waals surface area (Å²) in [6.45, 7) is 1.34. The first-order valence-electron chi connectivity index (χ1n) is 7.89. The maximum absolute atomic E-state index is 12.5. The minimum absolute atomic E-state index is 0.144. The third-order valence-electron chi connectivity index (χ3n) is 3.65. The summed E-state index contributed by atoms with van der Waals surface area (Å²) in [4.78, 5) is 34.9. The van der Waals surface area contributed by atoms with Crippen molar-refractivity contribution in [2.24, 2.45) is 0 Å². The van der Waals surface area contributed by atoms with Crippen molar-refractivity contribution >= 4 is 23.6 Å². The quantitative estimate of drug-likeness (QED) is 0.336. The van der Waals surface area contributed by atoms with Gasteiger partial charge in [-0.15, -0.1) is 0 Å². The predicted molar refractivity (Wildman–Crippen MR) is 94.2 cm³/mol. The Morgan fingerprint density at radius 3 is 2.58 bits per heavy atom. The lowest BCUT2D eigenvalue weighted by Gasteiger charge is -2.27. The van der Waals surface area contributed by atoms with Gasteiger partial charge in [-0.3, -0.25) is 24.6 Å². The largest absolute Gasteiger partial charge is 0.484 e. The van der Waals surface area contributed by atoms with Gasteiger partial charge >= 0.3 is 0 Å². The highest BCUT2D eigenvalue weighted by Gasteiger charge is 2.23. The van der Waals surface area contributed by atoms with Gasteiger partial charge in [0.2, 0.25) is 0 Å². The number of ether oxygens (including phenoxy) is 1. The Labute approximate surface area is 149 Å². The van der Waals surface area contributed by atoms with Gasteiger partial charge < -0.3 is 9.84 Å². The van der Waals surface area contributed by atoms with Crippen LogP contribution in [0.2, 0.25) is 0 Å². The van der Waals surface area contributed by atoms with Gasteiger partial charge in [-0.2, -0.15) is 0 Å². The summed E-state index contributed by atoms with van der Waals surface area (Å²) in [6.07, 6.45) is -0.340. The molecule has 0 saturated heterocycles. The third-order valence-corrected chi connectivity index (χ3v) is 3.65. The molecule has 136 valence electrons. The van der Waals surface area contributed by atoms with Gasteiger partial charge in [-0.05, 0) is 30.7 Å². The van der Waals surface area contributed by atoms with Crippen LogP contribution >= 0.6 is 0 Å². The zero-order chi connectivity index (χ0) is 19.1. The van der Waals surface area contributed by atoms with E-state index in [2.05, 4.69) is 0 Å². The van der Waals surface area contributed by atoms with Crippen molar-refractivity contribution in [2.45, 2.75) is 19.6 Å². The van der Waals surface area contributed by atoms with E-state index in [1.165, 1.54) is 17.0 Å². The number of aliphatic hydroxyl groups excluding tert-OH is 1. The molecule has 0 bridgehead atoms. The molecular formula is C18H18N2O6. The van der Waals surface area contributed by atoms with Crippen LogP contribution in [0.4, 0.5) is 11.4 Å². The van der Waals surface area contributed by atoms with E-state index < -0.39 is 23.7 Å². The summed E-state index contributed by atoms with van der Waals surface area (Å²) >= 11 is 0. The van der Waals surface area contributed by atoms with Crippen molar-refractivity contribution in [1.29, 1.82) is 0 Å². The molecular weight excluding hydrogens is 340 g/mol. The van der Waals surface area contributed by atoms with Crippen LogP contribution in [0, 0.1) is 10.1 Å². The van der Waals surface area contributed by atoms with Crippen molar-refractivity contribution in [1.82, 2.24) is 0 Å². The number of aliphatic hydroxyl groups is 1. The standard InChI is InChI=1S/C18H18N2O6/c1-2-17(22)19(14-6-4-3-5-7-14)18(23)12-26-15-8-9-16(20(24)25)13(10-15)11-21/h3-11,17,22H,2,12H2,1H3. The Kier molecular flexibility index (Phi) is 6.40. The minimum Gasteiger partial charge on any atom is -0.484 e. The molecule has 2 aromatic carbocycles. The van der Waals surface area contributed by atoms with Gasteiger partial charge in [0.25, 0.3) is 11.6 Å². The van der Waals surface area contributed by atoms with E-state index in [9.17, 15) is 24.8 Å². The summed E-state index contributed by atoms with van der Waals surface area (Å²) in [5, 5.41) is 21.0. The number of carbonyl (C=O) groups is 2. The molecule has 0 fully saturated rings. The average Bonchev–Trinajstić information content (AvgIpc) is 2.66. The van der Waals surface area contributed by atoms with E-state index >= 15 is 0 Å². The molecule has 0 aromatic heterocycles. The predicted octanol–water partition coefficient (Wildman–Crippen LogP) is 2.55. The first-order chi connectivity index (χ1) is 12.5. The van der Waals surface area contributed by atoms with E-state index in [-0.39, 0.29) is 17.0 Å². The van der Waals surface area contributed by atoms with E-state index in [0.717, 1.165) is 6.07 Å². The fraction of sp³-hybridized carbons (Fsp3) is 0.222. The monoisotopic (exact) mass is 358 g/mol. The molecule has 0 radical (unpaired) electrons. The highest BCUT2D eigenvalue weighted by Crippen LogP contribution is 2.23. The molecule has 0 heterocycles. The van der Waals surface area contributed by atoms with E-state index in [1.807, 2.05) is 0 Å². The van der Waals surface area contributed by atoms with Crippen molar-refractivity contribution < 1.29 is 24.4 Å². The summed E-state index contributed by atoms with van der Waals surface area (Å²) in [6, 6.07) is 12.3. The van der Waals surface area contributed by atoms with Crippen molar-refractivity contribution in [3.63, 3.8) is 0 Å². The lowest BCUT2D eigenvalue weighted by Crippen LogP contribution is -2.42. The zero-order valence-electron chi connectivity index (χ0n) is 14.1. The number of rotatable bonds is 8. The van der Waals surface area contributed by atoms with Gasteiger partial charge in [-0.1, -0.05) is 25.1 Å². The number of anilines is 1. The molecule has 8 nitrogen and oxygen atoms in total. The van der Waals surface area contributed by atoms with Crippen LogP contribution < -0.4 is 9.64 Å². The molecule has 0 spiro atoms. The third kappa shape index (κ3) is 4.42. The second kappa shape index (κ2) is 8.72. The zero-order valence-corrected chi connectivity index (χ0v) is 14.1. The lowest BCUT2D eigenvalue weighted by atomic mass is 10.2. The summed E-state index contributed by atoms with van der Waals surface area (Å²) in [5.74, 6) is -0.346. The second-order valence-corrected chi connectivity index (χ2v) is 5.37. The molecule has 2 rings (SSSR count). The number of carbonyl (C=O) groups excluding carboxylic acids is 2. The molecule has 0 aliphatic carbocycles. The average molecular weight is 358 g/mol. The van der Waals surface area contributed by atoms with Crippen LogP contribution in [-0.4, -0.2) is 35.1 Å². The molecule has 2 aromatic rings. The number of para-hydroxylation sites is 1. The molecule has 0 aliphatic heterocycles. The van der Waals surface area contributed by atoms with Crippen molar-refractivity contribution in [3.8, 4) is 5.75 Å². The number of benzene rings is 2. The minimum atomic E-state index is -1.02. The van der Waals surface area contributed by atoms with E-state index in [1.54, 1.807) is 37.3 Å². The van der Waals surface area contributed by atoms with Crippen molar-refractivity contribution in [3.05, 3.63) is 64.2 Å². The number of amides is 1. The lowest BCUT2D eigenvalue weighted by molar-refractivity contribution is -0.385. The topological polar surface area (TPSA) is 110 Å². The number of aldehydes is 1. The van der Waals surface area contributed by atoms with Crippen LogP contribution in [0.1, 0.15) is 23.7 Å². The first kappa shape index (κ1) is 19.1. The van der Waals surface area contributed by atoms with Crippen LogP contribution in [-0.2, 0) is 4.79 Å². The van der Waals surface area contributed by atoms with E-state index in [0.29, 0.717) is 18.4 Å². The fourth-order valence-electron chi connectivity index (χ4n) is 2.35. The molecule has 1 amide bonds. The first-order valence-corrected chi connectivity index (χ1v) is 7.89. The van der Waals surface area contributed by atoms with Gasteiger partial charge in [0.1, 0.15) is 12.0 Å². The van der Waals surface area contributed by atoms with Crippen LogP contribution in [0.15, 0.2) is 48.5 Å². The molecule has 0 saturated carbocycles. The van der Waals surface area contributed by atoms with Crippen LogP contribution in [0.25, 0.3) is 0 Å². The SMILES string of the molecule is CCC(O)N(C(=O)COc1ccc([N+](=O)[O-])c(C=O)c1)c1ccccc1. The summed E-state index contributed by atoms with van der Waals surface area (Å²) < 4.78 is 5.36. The smallest absolute Gasteiger partial charge is 0.280 e. The molecule has 26 heavy (non-hydrogen) atoms. The molecule has 1 N–H and O–H groups in total. The second-order valence-electron chi connectivity index (χ2n) is 5.37. The fourth-order valence-corrected chi connectivity index (χ4v) is 2.35. The maximum atomic E-state index is 12.5. The highest BCUT2D eigenvalue weighted by molar-refractivity contribution is 5.94.